The van der Waals surface area contributed by atoms with Crippen molar-refractivity contribution in [1.82, 2.24) is 9.55 Å². The van der Waals surface area contributed by atoms with Crippen molar-refractivity contribution >= 4 is 19.1 Å². The summed E-state index contributed by atoms with van der Waals surface area (Å²) in [5.41, 5.74) is 3.63. The van der Waals surface area contributed by atoms with Crippen LogP contribution in [-0.2, 0) is 17.6 Å². The molecule has 0 amide bonds. The third-order valence-electron chi connectivity index (χ3n) is 5.07. The highest BCUT2D eigenvalue weighted by molar-refractivity contribution is 6.32. The molecule has 26 heavy (non-hydrogen) atoms. The van der Waals surface area contributed by atoms with Crippen LogP contribution in [0.3, 0.4) is 0 Å². The second-order valence-corrected chi connectivity index (χ2v) is 6.83. The number of ketones is 1. The molecule has 0 fully saturated rings. The van der Waals surface area contributed by atoms with Gasteiger partial charge < -0.3 is 4.57 Å². The minimum absolute atomic E-state index is 0.0873. The summed E-state index contributed by atoms with van der Waals surface area (Å²) in [6, 6.07) is 13.6. The van der Waals surface area contributed by atoms with Gasteiger partial charge in [-0.3, -0.25) is 4.79 Å². The molecular weight excluding hydrogens is 326 g/mol. The largest absolute Gasteiger partial charge is 0.320 e. The van der Waals surface area contributed by atoms with Crippen LogP contribution in [0, 0.1) is 11.7 Å². The maximum Gasteiger partial charge on any atom is 0.163 e. The van der Waals surface area contributed by atoms with E-state index in [4.69, 9.17) is 7.85 Å². The molecule has 0 aliphatic carbocycles. The Balaban J connectivity index is 1.60. The first-order valence-electron chi connectivity index (χ1n) is 8.76. The molecule has 0 saturated carbocycles. The van der Waals surface area contributed by atoms with Gasteiger partial charge in [0.25, 0.3) is 0 Å². The number of nitrogens with zero attached hydrogens (tertiary/aromatic N) is 2. The van der Waals surface area contributed by atoms with Gasteiger partial charge in [-0.2, -0.15) is 0 Å². The number of imidazole rings is 1. The van der Waals surface area contributed by atoms with Gasteiger partial charge in [-0.15, -0.1) is 0 Å². The molecule has 2 unspecified atom stereocenters. The summed E-state index contributed by atoms with van der Waals surface area (Å²) in [7, 11) is 5.92. The van der Waals surface area contributed by atoms with Crippen molar-refractivity contribution in [3.8, 4) is 0 Å². The lowest BCUT2D eigenvalue weighted by Crippen LogP contribution is -2.35. The van der Waals surface area contributed by atoms with Gasteiger partial charge in [0.1, 0.15) is 19.7 Å². The number of aromatic nitrogens is 2. The summed E-state index contributed by atoms with van der Waals surface area (Å²) in [6.45, 7) is 0. The third-order valence-corrected chi connectivity index (χ3v) is 5.07. The Morgan fingerprint density at radius 3 is 2.77 bits per heavy atom. The molecule has 2 aromatic carbocycles. The highest BCUT2D eigenvalue weighted by Gasteiger charge is 2.35. The fourth-order valence-corrected chi connectivity index (χ4v) is 3.73. The Kier molecular flexibility index (Phi) is 4.45. The van der Waals surface area contributed by atoms with Gasteiger partial charge in [0.05, 0.1) is 6.33 Å². The summed E-state index contributed by atoms with van der Waals surface area (Å²) < 4.78 is 15.0. The van der Waals surface area contributed by atoms with Crippen LogP contribution in [0.1, 0.15) is 29.3 Å². The molecule has 2 heterocycles. The van der Waals surface area contributed by atoms with E-state index in [0.717, 1.165) is 29.7 Å². The molecule has 1 aromatic heterocycles. The molecule has 2 atom stereocenters. The Hall–Kier alpha value is -2.69. The number of benzene rings is 2. The molecule has 3 nitrogen and oxygen atoms in total. The molecule has 4 rings (SSSR count). The molecule has 2 radical (unpaired) electrons. The zero-order valence-corrected chi connectivity index (χ0v) is 14.3. The number of carbonyl (C=O) groups excluding carboxylic acids is 1. The molecule has 0 saturated heterocycles. The first kappa shape index (κ1) is 16.8. The number of rotatable bonds is 4. The van der Waals surface area contributed by atoms with Crippen molar-refractivity contribution in [2.24, 2.45) is 5.92 Å². The third kappa shape index (κ3) is 3.21. The summed E-state index contributed by atoms with van der Waals surface area (Å²) in [6.07, 6.45) is 5.70. The smallest absolute Gasteiger partial charge is 0.163 e. The quantitative estimate of drug-likeness (QED) is 0.682. The van der Waals surface area contributed by atoms with E-state index in [9.17, 15) is 9.18 Å². The van der Waals surface area contributed by atoms with E-state index in [-0.39, 0.29) is 23.6 Å². The van der Waals surface area contributed by atoms with Crippen LogP contribution in [0.4, 0.5) is 4.39 Å². The van der Waals surface area contributed by atoms with Gasteiger partial charge in [0, 0.05) is 17.8 Å². The van der Waals surface area contributed by atoms with Crippen LogP contribution in [0.5, 0.6) is 0 Å². The van der Waals surface area contributed by atoms with Gasteiger partial charge in [-0.1, -0.05) is 41.9 Å². The van der Waals surface area contributed by atoms with E-state index < -0.39 is 0 Å². The van der Waals surface area contributed by atoms with Crippen LogP contribution in [0.2, 0.25) is 0 Å². The first-order valence-corrected chi connectivity index (χ1v) is 8.76. The zero-order chi connectivity index (χ0) is 18.1. The van der Waals surface area contributed by atoms with Gasteiger partial charge in [-0.25, -0.2) is 9.37 Å². The first-order chi connectivity index (χ1) is 12.6. The van der Waals surface area contributed by atoms with Crippen LogP contribution in [0.15, 0.2) is 61.1 Å². The van der Waals surface area contributed by atoms with Crippen LogP contribution < -0.4 is 5.46 Å². The van der Waals surface area contributed by atoms with E-state index in [1.165, 1.54) is 12.1 Å². The van der Waals surface area contributed by atoms with E-state index in [2.05, 4.69) is 4.98 Å². The number of hydrogen-bond acceptors (Lipinski definition) is 2. The Morgan fingerprint density at radius 2 is 2.00 bits per heavy atom. The van der Waals surface area contributed by atoms with E-state index in [0.29, 0.717) is 11.9 Å². The summed E-state index contributed by atoms with van der Waals surface area (Å²) >= 11 is 0. The molecule has 128 valence electrons. The standard InChI is InChI=1S/C21H18BFN2O/c22-17-3-1-2-15(10-17)20-21(26)16(11-19-12-24-13-25(19)20)7-4-14-5-8-18(23)9-6-14/h1-3,5-6,8-10,12-13,16,20H,4,7,11H2. The lowest BCUT2D eigenvalue weighted by molar-refractivity contribution is -0.126. The van der Waals surface area contributed by atoms with Crippen LogP contribution in [-0.4, -0.2) is 23.2 Å². The Labute approximate surface area is 153 Å². The van der Waals surface area contributed by atoms with E-state index in [1.54, 1.807) is 18.5 Å². The van der Waals surface area contributed by atoms with Crippen molar-refractivity contribution in [1.29, 1.82) is 0 Å². The lowest BCUT2D eigenvalue weighted by atomic mass is 9.81. The molecule has 0 N–H and O–H groups in total. The maximum atomic E-state index is 13.2. The van der Waals surface area contributed by atoms with Crippen molar-refractivity contribution in [3.63, 3.8) is 0 Å². The summed E-state index contributed by atoms with van der Waals surface area (Å²) in [5, 5.41) is 0. The topological polar surface area (TPSA) is 34.9 Å². The Bertz CT molecular complexity index is 935. The number of Topliss-reactive ketones (excluding diaryl/α,β-unsaturated/α-hetero) is 1. The van der Waals surface area contributed by atoms with Crippen LogP contribution in [0.25, 0.3) is 0 Å². The minimum atomic E-state index is -0.386. The SMILES string of the molecule is [B]c1cccc(C2C(=O)C(CCc3ccc(F)cc3)Cc3cncn32)c1. The molecule has 5 heteroatoms. The predicted octanol–water partition coefficient (Wildman–Crippen LogP) is 2.78. The van der Waals surface area contributed by atoms with Crippen molar-refractivity contribution in [2.45, 2.75) is 25.3 Å². The number of fused-ring (bicyclic) bond motifs is 1. The summed E-state index contributed by atoms with van der Waals surface area (Å²) in [5.74, 6) is -0.146. The molecule has 0 spiro atoms. The van der Waals surface area contributed by atoms with Crippen molar-refractivity contribution in [3.05, 3.63) is 83.7 Å². The zero-order valence-electron chi connectivity index (χ0n) is 14.3. The van der Waals surface area contributed by atoms with Crippen molar-refractivity contribution < 1.29 is 9.18 Å². The number of halogens is 1. The summed E-state index contributed by atoms with van der Waals surface area (Å²) in [4.78, 5) is 17.5. The predicted molar refractivity (Wildman–Crippen MR) is 99.1 cm³/mol. The highest BCUT2D eigenvalue weighted by Crippen LogP contribution is 2.32. The van der Waals surface area contributed by atoms with Gasteiger partial charge in [0.15, 0.2) is 5.78 Å². The fraction of sp³-hybridized carbons (Fsp3) is 0.238. The fourth-order valence-electron chi connectivity index (χ4n) is 3.73. The lowest BCUT2D eigenvalue weighted by Gasteiger charge is -2.31. The molecule has 0 bridgehead atoms. The molecule has 1 aliphatic rings. The van der Waals surface area contributed by atoms with Gasteiger partial charge >= 0.3 is 0 Å². The normalized spacial score (nSPS) is 19.3. The minimum Gasteiger partial charge on any atom is -0.320 e. The van der Waals surface area contributed by atoms with Gasteiger partial charge in [0.2, 0.25) is 0 Å². The average Bonchev–Trinajstić information content (AvgIpc) is 3.09. The Morgan fingerprint density at radius 1 is 1.19 bits per heavy atom. The number of hydrogen-bond donors (Lipinski definition) is 0. The average molecular weight is 344 g/mol. The molecule has 3 aromatic rings. The maximum absolute atomic E-state index is 13.2. The van der Waals surface area contributed by atoms with Crippen molar-refractivity contribution in [2.75, 3.05) is 0 Å². The number of aryl methyl sites for hydroxylation is 1. The van der Waals surface area contributed by atoms with E-state index >= 15 is 0 Å². The van der Waals surface area contributed by atoms with Gasteiger partial charge in [-0.05, 0) is 42.5 Å². The van der Waals surface area contributed by atoms with E-state index in [1.807, 2.05) is 35.0 Å². The monoisotopic (exact) mass is 344 g/mol. The number of carbonyl (C=O) groups is 1. The second kappa shape index (κ2) is 6.91. The van der Waals surface area contributed by atoms with Crippen LogP contribution >= 0.6 is 0 Å². The molecular formula is C21H18BFN2O. The second-order valence-electron chi connectivity index (χ2n) is 6.83. The highest BCUT2D eigenvalue weighted by atomic mass is 19.1. The molecule has 1 aliphatic heterocycles.